The zero-order valence-corrected chi connectivity index (χ0v) is 19.9. The number of ether oxygens (including phenoxy) is 5. The molecule has 1 aliphatic carbocycles. The molecule has 1 fully saturated rings. The molecule has 1 saturated heterocycles. The van der Waals surface area contributed by atoms with Crippen LogP contribution in [0.25, 0.3) is 0 Å². The largest absolute Gasteiger partial charge is 0.502 e. The summed E-state index contributed by atoms with van der Waals surface area (Å²) in [5.41, 5.74) is 2.24. The van der Waals surface area contributed by atoms with Crippen molar-refractivity contribution in [1.29, 1.82) is 0 Å². The van der Waals surface area contributed by atoms with Crippen LogP contribution in [-0.2, 0) is 9.53 Å². The summed E-state index contributed by atoms with van der Waals surface area (Å²) in [6.07, 6.45) is 0. The highest BCUT2D eigenvalue weighted by molar-refractivity contribution is 6.18. The molecule has 0 saturated carbocycles. The molecule has 2 aromatic carbocycles. The molecule has 0 bridgehead atoms. The first-order valence-corrected chi connectivity index (χ1v) is 11.7. The minimum atomic E-state index is -0.611. The number of carbonyl (C=O) groups is 2. The lowest BCUT2D eigenvalue weighted by Gasteiger charge is -2.39. The van der Waals surface area contributed by atoms with Crippen molar-refractivity contribution in [2.24, 2.45) is 11.8 Å². The number of amides is 2. The predicted octanol–water partition coefficient (Wildman–Crippen LogP) is 2.65. The number of hydrogen-bond acceptors (Lipinski definition) is 8. The smallest absolute Gasteiger partial charge is 0.315 e. The maximum atomic E-state index is 13.1. The van der Waals surface area contributed by atoms with Gasteiger partial charge in [0.15, 0.2) is 23.0 Å². The summed E-state index contributed by atoms with van der Waals surface area (Å²) in [6.45, 7) is 0.515. The number of alkyl halides is 1. The number of nitrogens with one attached hydrogen (secondary N) is 2. The van der Waals surface area contributed by atoms with Crippen LogP contribution < -0.4 is 29.6 Å². The number of rotatable bonds is 6. The van der Waals surface area contributed by atoms with Crippen molar-refractivity contribution in [3.63, 3.8) is 0 Å². The molecule has 3 aliphatic rings. The van der Waals surface area contributed by atoms with Gasteiger partial charge in [0, 0.05) is 24.3 Å². The third-order valence-electron chi connectivity index (χ3n) is 6.71. The molecular formula is C24H25ClN2O8. The van der Waals surface area contributed by atoms with Crippen molar-refractivity contribution in [3.8, 4) is 28.7 Å². The SMILES string of the molecule is COc1cc([C@@H]2c3cc4c(cc3[C@@H](NC(=O)NCCCl)[C@H]3COC(=O)[C@H]23)OCO4)cc(OC)c1O. The van der Waals surface area contributed by atoms with Crippen molar-refractivity contribution in [1.82, 2.24) is 10.6 Å². The first-order chi connectivity index (χ1) is 17.0. The van der Waals surface area contributed by atoms with E-state index in [0.717, 1.165) is 11.1 Å². The number of urea groups is 1. The number of aromatic hydroxyl groups is 1. The van der Waals surface area contributed by atoms with Gasteiger partial charge in [0.05, 0.1) is 32.8 Å². The Balaban J connectivity index is 1.68. The van der Waals surface area contributed by atoms with E-state index in [1.807, 2.05) is 12.1 Å². The number of fused-ring (bicyclic) bond motifs is 3. The van der Waals surface area contributed by atoms with Gasteiger partial charge in [-0.25, -0.2) is 4.79 Å². The van der Waals surface area contributed by atoms with E-state index in [9.17, 15) is 14.7 Å². The van der Waals surface area contributed by atoms with E-state index in [-0.39, 0.29) is 48.4 Å². The summed E-state index contributed by atoms with van der Waals surface area (Å²) in [5.74, 6) is -0.158. The Kier molecular flexibility index (Phi) is 6.14. The van der Waals surface area contributed by atoms with Gasteiger partial charge in [-0.15, -0.1) is 11.6 Å². The quantitative estimate of drug-likeness (QED) is 0.405. The Labute approximate surface area is 206 Å². The molecule has 4 atom stereocenters. The zero-order valence-electron chi connectivity index (χ0n) is 19.1. The summed E-state index contributed by atoms with van der Waals surface area (Å²) in [5, 5.41) is 16.1. The Morgan fingerprint density at radius 3 is 2.37 bits per heavy atom. The number of cyclic esters (lactones) is 1. The molecule has 0 aromatic heterocycles. The lowest BCUT2D eigenvalue weighted by atomic mass is 9.65. The van der Waals surface area contributed by atoms with Crippen molar-refractivity contribution in [3.05, 3.63) is 41.0 Å². The van der Waals surface area contributed by atoms with Crippen LogP contribution >= 0.6 is 11.6 Å². The lowest BCUT2D eigenvalue weighted by molar-refractivity contribution is -0.141. The second-order valence-corrected chi connectivity index (χ2v) is 8.85. The minimum absolute atomic E-state index is 0.0763. The molecule has 186 valence electrons. The number of halogens is 1. The van der Waals surface area contributed by atoms with Crippen LogP contribution in [0, 0.1) is 11.8 Å². The molecule has 3 N–H and O–H groups in total. The summed E-state index contributed by atoms with van der Waals surface area (Å²) in [7, 11) is 2.88. The van der Waals surface area contributed by atoms with Crippen LogP contribution in [-0.4, -0.2) is 57.2 Å². The van der Waals surface area contributed by atoms with Crippen LogP contribution in [0.1, 0.15) is 28.7 Å². The van der Waals surface area contributed by atoms with Gasteiger partial charge in [-0.2, -0.15) is 0 Å². The first-order valence-electron chi connectivity index (χ1n) is 11.1. The molecule has 2 aromatic rings. The number of esters is 1. The van der Waals surface area contributed by atoms with Gasteiger partial charge in [-0.3, -0.25) is 4.79 Å². The number of carbonyl (C=O) groups excluding carboxylic acids is 2. The average Bonchev–Trinajstić information content (AvgIpc) is 3.48. The van der Waals surface area contributed by atoms with Gasteiger partial charge in [0.25, 0.3) is 0 Å². The lowest BCUT2D eigenvalue weighted by Crippen LogP contribution is -2.46. The van der Waals surface area contributed by atoms with Crippen molar-refractivity contribution in [2.75, 3.05) is 40.0 Å². The Bertz CT molecular complexity index is 1150. The van der Waals surface area contributed by atoms with E-state index in [1.165, 1.54) is 14.2 Å². The third kappa shape index (κ3) is 3.91. The van der Waals surface area contributed by atoms with Crippen molar-refractivity contribution in [2.45, 2.75) is 12.0 Å². The molecule has 0 unspecified atom stereocenters. The molecule has 2 aliphatic heterocycles. The van der Waals surface area contributed by atoms with Gasteiger partial charge in [0.2, 0.25) is 12.5 Å². The predicted molar refractivity (Wildman–Crippen MR) is 124 cm³/mol. The maximum absolute atomic E-state index is 13.1. The molecule has 2 amide bonds. The molecule has 0 spiro atoms. The zero-order chi connectivity index (χ0) is 24.7. The number of methoxy groups -OCH3 is 2. The second-order valence-electron chi connectivity index (χ2n) is 8.47. The van der Waals surface area contributed by atoms with Crippen LogP contribution in [0.3, 0.4) is 0 Å². The van der Waals surface area contributed by atoms with Crippen LogP contribution in [0.2, 0.25) is 0 Å². The third-order valence-corrected chi connectivity index (χ3v) is 6.90. The van der Waals surface area contributed by atoms with Gasteiger partial charge in [-0.05, 0) is 41.0 Å². The molecule has 35 heavy (non-hydrogen) atoms. The fraction of sp³-hybridized carbons (Fsp3) is 0.417. The molecule has 11 heteroatoms. The fourth-order valence-corrected chi connectivity index (χ4v) is 5.29. The van der Waals surface area contributed by atoms with Crippen molar-refractivity contribution >= 4 is 23.6 Å². The summed E-state index contributed by atoms with van der Waals surface area (Å²) in [4.78, 5) is 25.7. The first kappa shape index (κ1) is 23.2. The number of phenolic OH excluding ortho intramolecular Hbond substituents is 1. The van der Waals surface area contributed by atoms with Gasteiger partial charge >= 0.3 is 12.0 Å². The Morgan fingerprint density at radius 2 is 1.74 bits per heavy atom. The number of phenols is 1. The summed E-state index contributed by atoms with van der Waals surface area (Å²) < 4.78 is 27.5. The van der Waals surface area contributed by atoms with E-state index >= 15 is 0 Å². The van der Waals surface area contributed by atoms with Gasteiger partial charge in [0.1, 0.15) is 0 Å². The van der Waals surface area contributed by atoms with Crippen LogP contribution in [0.15, 0.2) is 24.3 Å². The van der Waals surface area contributed by atoms with E-state index in [0.29, 0.717) is 23.6 Å². The summed E-state index contributed by atoms with van der Waals surface area (Å²) in [6, 6.07) is 6.11. The highest BCUT2D eigenvalue weighted by Crippen LogP contribution is 2.55. The Hall–Kier alpha value is -3.53. The summed E-state index contributed by atoms with van der Waals surface area (Å²) >= 11 is 5.71. The van der Waals surface area contributed by atoms with E-state index in [1.54, 1.807) is 12.1 Å². The fourth-order valence-electron chi connectivity index (χ4n) is 5.19. The number of hydrogen-bond donors (Lipinski definition) is 3. The van der Waals surface area contributed by atoms with E-state index < -0.39 is 23.9 Å². The second kappa shape index (κ2) is 9.26. The van der Waals surface area contributed by atoms with Crippen LogP contribution in [0.5, 0.6) is 28.7 Å². The average molecular weight is 505 g/mol. The van der Waals surface area contributed by atoms with E-state index in [4.69, 9.17) is 35.3 Å². The minimum Gasteiger partial charge on any atom is -0.502 e. The highest BCUT2D eigenvalue weighted by atomic mass is 35.5. The standard InChI is InChI=1S/C24H25ClN2O8/c1-31-17-5-11(6-18(32-2)22(17)28)19-12-7-15-16(35-10-34-15)8-13(12)21(27-24(30)26-4-3-25)14-9-33-23(29)20(14)19/h5-8,14,19-21,28H,3-4,9-10H2,1-2H3,(H2,26,27,30)/t14-,19+,20-,21+/m0/s1. The molecular weight excluding hydrogens is 480 g/mol. The number of benzene rings is 2. The normalized spacial score (nSPS) is 23.7. The Morgan fingerprint density at radius 1 is 1.09 bits per heavy atom. The van der Waals surface area contributed by atoms with Gasteiger partial charge in [-0.1, -0.05) is 0 Å². The van der Waals surface area contributed by atoms with E-state index in [2.05, 4.69) is 10.6 Å². The van der Waals surface area contributed by atoms with Gasteiger partial charge < -0.3 is 39.4 Å². The van der Waals surface area contributed by atoms with Crippen molar-refractivity contribution < 1.29 is 38.4 Å². The highest BCUT2D eigenvalue weighted by Gasteiger charge is 2.53. The maximum Gasteiger partial charge on any atom is 0.315 e. The molecule has 10 nitrogen and oxygen atoms in total. The topological polar surface area (TPSA) is 125 Å². The van der Waals surface area contributed by atoms with Crippen LogP contribution in [0.4, 0.5) is 4.79 Å². The molecule has 0 radical (unpaired) electrons. The molecule has 2 heterocycles. The molecule has 5 rings (SSSR count). The monoisotopic (exact) mass is 504 g/mol.